The molecule has 2 amide bonds. The van der Waals surface area contributed by atoms with Crippen LogP contribution in [0.25, 0.3) is 0 Å². The Balaban J connectivity index is 1.75. The lowest BCUT2D eigenvalue weighted by Gasteiger charge is -2.35. The van der Waals surface area contributed by atoms with Gasteiger partial charge >= 0.3 is 0 Å². The van der Waals surface area contributed by atoms with Crippen molar-refractivity contribution in [3.05, 3.63) is 0 Å². The first-order valence-electron chi connectivity index (χ1n) is 8.09. The summed E-state index contributed by atoms with van der Waals surface area (Å²) in [6.07, 6.45) is 5.04. The van der Waals surface area contributed by atoms with Crippen LogP contribution < -0.4 is 11.5 Å². The lowest BCUT2D eigenvalue weighted by molar-refractivity contribution is -0.136. The van der Waals surface area contributed by atoms with E-state index in [0.717, 1.165) is 64.2 Å². The van der Waals surface area contributed by atoms with Crippen LogP contribution in [0.3, 0.4) is 0 Å². The molecular formula is C15H28N4O2. The number of carbonyl (C=O) groups is 2. The average Bonchev–Trinajstić information content (AvgIpc) is 2.49. The van der Waals surface area contributed by atoms with E-state index in [2.05, 4.69) is 4.90 Å². The molecule has 2 rings (SSSR count). The third-order valence-corrected chi connectivity index (χ3v) is 4.82. The molecule has 0 aromatic rings. The molecule has 2 aliphatic rings. The summed E-state index contributed by atoms with van der Waals surface area (Å²) in [5.41, 5.74) is 11.0. The Morgan fingerprint density at radius 1 is 1.10 bits per heavy atom. The fourth-order valence-electron chi connectivity index (χ4n) is 3.40. The smallest absolute Gasteiger partial charge is 0.236 e. The third kappa shape index (κ3) is 4.68. The molecule has 4 N–H and O–H groups in total. The zero-order valence-corrected chi connectivity index (χ0v) is 12.8. The van der Waals surface area contributed by atoms with E-state index in [1.54, 1.807) is 0 Å². The van der Waals surface area contributed by atoms with Gasteiger partial charge in [0.25, 0.3) is 0 Å². The van der Waals surface area contributed by atoms with Crippen LogP contribution in [0.5, 0.6) is 0 Å². The second kappa shape index (κ2) is 7.75. The number of hydrogen-bond acceptors (Lipinski definition) is 4. The van der Waals surface area contributed by atoms with E-state index in [1.807, 2.05) is 4.90 Å². The maximum absolute atomic E-state index is 12.4. The molecule has 6 nitrogen and oxygen atoms in total. The van der Waals surface area contributed by atoms with Crippen molar-refractivity contribution in [3.8, 4) is 0 Å². The lowest BCUT2D eigenvalue weighted by Crippen LogP contribution is -2.48. The summed E-state index contributed by atoms with van der Waals surface area (Å²) in [6, 6.07) is 0. The molecule has 21 heavy (non-hydrogen) atoms. The minimum atomic E-state index is -0.282. The average molecular weight is 296 g/mol. The molecular weight excluding hydrogens is 268 g/mol. The Hall–Kier alpha value is -1.14. The first-order chi connectivity index (χ1) is 10.1. The van der Waals surface area contributed by atoms with Crippen LogP contribution in [-0.2, 0) is 9.59 Å². The Morgan fingerprint density at radius 3 is 2.43 bits per heavy atom. The van der Waals surface area contributed by atoms with Crippen LogP contribution in [0.4, 0.5) is 0 Å². The minimum Gasteiger partial charge on any atom is -0.369 e. The minimum absolute atomic E-state index is 0.137. The van der Waals surface area contributed by atoms with Crippen molar-refractivity contribution in [2.24, 2.45) is 23.3 Å². The van der Waals surface area contributed by atoms with Crippen molar-refractivity contribution in [3.63, 3.8) is 0 Å². The number of likely N-dealkylation sites (tertiary alicyclic amines) is 2. The summed E-state index contributed by atoms with van der Waals surface area (Å²) in [5, 5.41) is 0. The predicted molar refractivity (Wildman–Crippen MR) is 81.3 cm³/mol. The maximum Gasteiger partial charge on any atom is 0.236 e. The summed E-state index contributed by atoms with van der Waals surface area (Å²) < 4.78 is 0. The van der Waals surface area contributed by atoms with Gasteiger partial charge in [-0.05, 0) is 57.7 Å². The highest BCUT2D eigenvalue weighted by Gasteiger charge is 2.28. The van der Waals surface area contributed by atoms with Crippen molar-refractivity contribution in [2.75, 3.05) is 39.3 Å². The number of hydrogen-bond donors (Lipinski definition) is 2. The van der Waals surface area contributed by atoms with Crippen LogP contribution >= 0.6 is 0 Å². The fraction of sp³-hybridized carbons (Fsp3) is 0.867. The van der Waals surface area contributed by atoms with Crippen LogP contribution in [0.2, 0.25) is 0 Å². The van der Waals surface area contributed by atoms with Gasteiger partial charge in [-0.1, -0.05) is 0 Å². The van der Waals surface area contributed by atoms with Gasteiger partial charge < -0.3 is 16.4 Å². The third-order valence-electron chi connectivity index (χ3n) is 4.82. The quantitative estimate of drug-likeness (QED) is 0.733. The Bertz CT molecular complexity index is 367. The van der Waals surface area contributed by atoms with Gasteiger partial charge in [-0.25, -0.2) is 0 Å². The highest BCUT2D eigenvalue weighted by atomic mass is 16.2. The van der Waals surface area contributed by atoms with Gasteiger partial charge in [-0.15, -0.1) is 0 Å². The van der Waals surface area contributed by atoms with Gasteiger partial charge in [-0.3, -0.25) is 14.5 Å². The molecule has 0 aliphatic carbocycles. The van der Waals surface area contributed by atoms with Crippen LogP contribution in [0.15, 0.2) is 0 Å². The Morgan fingerprint density at radius 2 is 1.81 bits per heavy atom. The van der Waals surface area contributed by atoms with E-state index in [9.17, 15) is 9.59 Å². The summed E-state index contributed by atoms with van der Waals surface area (Å²) in [5.74, 6) is 0.405. The first-order valence-corrected chi connectivity index (χ1v) is 8.09. The molecule has 2 heterocycles. The van der Waals surface area contributed by atoms with Gasteiger partial charge in [0.05, 0.1) is 12.5 Å². The molecule has 2 fully saturated rings. The van der Waals surface area contributed by atoms with Crippen molar-refractivity contribution < 1.29 is 9.59 Å². The largest absolute Gasteiger partial charge is 0.369 e. The summed E-state index contributed by atoms with van der Waals surface area (Å²) in [6.45, 7) is 4.43. The fourth-order valence-corrected chi connectivity index (χ4v) is 3.40. The maximum atomic E-state index is 12.4. The predicted octanol–water partition coefficient (Wildman–Crippen LogP) is -0.229. The number of nitrogens with zero attached hydrogens (tertiary/aromatic N) is 2. The summed E-state index contributed by atoms with van der Waals surface area (Å²) >= 11 is 0. The molecule has 1 atom stereocenters. The van der Waals surface area contributed by atoms with Crippen LogP contribution in [-0.4, -0.2) is 60.9 Å². The molecule has 1 unspecified atom stereocenters. The summed E-state index contributed by atoms with van der Waals surface area (Å²) in [4.78, 5) is 27.7. The normalized spacial score (nSPS) is 25.0. The van der Waals surface area contributed by atoms with Crippen molar-refractivity contribution in [1.29, 1.82) is 0 Å². The molecule has 2 saturated heterocycles. The lowest BCUT2D eigenvalue weighted by atomic mass is 9.93. The zero-order valence-electron chi connectivity index (χ0n) is 12.8. The van der Waals surface area contributed by atoms with Crippen molar-refractivity contribution in [1.82, 2.24) is 9.80 Å². The molecule has 2 aliphatic heterocycles. The van der Waals surface area contributed by atoms with E-state index < -0.39 is 0 Å². The second-order valence-electron chi connectivity index (χ2n) is 6.38. The van der Waals surface area contributed by atoms with Gasteiger partial charge in [0.2, 0.25) is 11.8 Å². The van der Waals surface area contributed by atoms with E-state index in [4.69, 9.17) is 11.5 Å². The highest BCUT2D eigenvalue weighted by Crippen LogP contribution is 2.20. The molecule has 0 aromatic carbocycles. The number of rotatable bonds is 5. The van der Waals surface area contributed by atoms with Gasteiger partial charge in [0.15, 0.2) is 0 Å². The standard InChI is InChI=1S/C15H28N4O2/c16-6-3-12-4-8-18(9-5-12)11-14(20)19-7-1-2-13(10-19)15(17)21/h12-13H,1-11,16H2,(H2,17,21). The molecule has 0 aromatic heterocycles. The molecule has 0 radical (unpaired) electrons. The molecule has 0 spiro atoms. The second-order valence-corrected chi connectivity index (χ2v) is 6.38. The van der Waals surface area contributed by atoms with E-state index >= 15 is 0 Å². The number of nitrogens with two attached hydrogens (primary N) is 2. The zero-order chi connectivity index (χ0) is 15.2. The number of piperidine rings is 2. The van der Waals surface area contributed by atoms with E-state index in [1.165, 1.54) is 0 Å². The Labute approximate surface area is 126 Å². The van der Waals surface area contributed by atoms with Crippen LogP contribution in [0, 0.1) is 11.8 Å². The highest BCUT2D eigenvalue weighted by molar-refractivity contribution is 5.81. The SMILES string of the molecule is NCCC1CCN(CC(=O)N2CCCC(C(N)=O)C2)CC1. The first kappa shape index (κ1) is 16.2. The number of carbonyl (C=O) groups excluding carboxylic acids is 2. The van der Waals surface area contributed by atoms with Crippen molar-refractivity contribution in [2.45, 2.75) is 32.1 Å². The van der Waals surface area contributed by atoms with Gasteiger partial charge in [-0.2, -0.15) is 0 Å². The van der Waals surface area contributed by atoms with Crippen molar-refractivity contribution >= 4 is 11.8 Å². The molecule has 0 saturated carbocycles. The van der Waals surface area contributed by atoms with Crippen LogP contribution in [0.1, 0.15) is 32.1 Å². The number of amides is 2. The van der Waals surface area contributed by atoms with E-state index in [-0.39, 0.29) is 17.7 Å². The molecule has 0 bridgehead atoms. The monoisotopic (exact) mass is 296 g/mol. The summed E-state index contributed by atoms with van der Waals surface area (Å²) in [7, 11) is 0. The van der Waals surface area contributed by atoms with Gasteiger partial charge in [0, 0.05) is 13.1 Å². The molecule has 6 heteroatoms. The molecule has 120 valence electrons. The van der Waals surface area contributed by atoms with E-state index in [0.29, 0.717) is 13.1 Å². The van der Waals surface area contributed by atoms with Gasteiger partial charge in [0.1, 0.15) is 0 Å². The number of primary amides is 1. The topological polar surface area (TPSA) is 92.7 Å². The Kier molecular flexibility index (Phi) is 5.99.